The van der Waals surface area contributed by atoms with Crippen molar-refractivity contribution in [3.05, 3.63) is 65.7 Å². The molecule has 0 fully saturated rings. The molecule has 1 amide bonds. The van der Waals surface area contributed by atoms with Crippen molar-refractivity contribution in [2.75, 3.05) is 10.0 Å². The number of aromatic amines is 1. The van der Waals surface area contributed by atoms with Crippen LogP contribution in [-0.4, -0.2) is 24.5 Å². The normalized spacial score (nSPS) is 13.2. The third kappa shape index (κ3) is 3.18. The van der Waals surface area contributed by atoms with Crippen LogP contribution in [0.4, 0.5) is 11.5 Å². The number of amides is 1. The number of aromatic nitrogens is 2. The van der Waals surface area contributed by atoms with Crippen LogP contribution < -0.4 is 10.0 Å². The molecule has 1 aromatic heterocycles. The second kappa shape index (κ2) is 6.65. The average molecular weight is 394 g/mol. The fraction of sp³-hybridized carbons (Fsp3) is 0.100. The molecule has 28 heavy (non-hydrogen) atoms. The van der Waals surface area contributed by atoms with Crippen LogP contribution in [0.15, 0.2) is 65.1 Å². The van der Waals surface area contributed by atoms with Crippen LogP contribution in [0.5, 0.6) is 0 Å². The van der Waals surface area contributed by atoms with Gasteiger partial charge in [0.15, 0.2) is 5.82 Å². The number of benzene rings is 2. The highest BCUT2D eigenvalue weighted by Gasteiger charge is 2.27. The van der Waals surface area contributed by atoms with Gasteiger partial charge >= 0.3 is 0 Å². The molecule has 0 bridgehead atoms. The van der Waals surface area contributed by atoms with Gasteiger partial charge in [-0.1, -0.05) is 35.9 Å². The van der Waals surface area contributed by atoms with Crippen molar-refractivity contribution in [3.63, 3.8) is 0 Å². The number of nitrogens with one attached hydrogen (secondary N) is 3. The molecule has 0 radical (unpaired) electrons. The third-order valence-electron chi connectivity index (χ3n) is 4.45. The molecule has 0 aliphatic carbocycles. The number of hydrogen-bond acceptors (Lipinski definition) is 4. The number of allylic oxidation sites excluding steroid dienone is 1. The fourth-order valence-corrected chi connectivity index (χ4v) is 4.16. The van der Waals surface area contributed by atoms with Gasteiger partial charge in [-0.3, -0.25) is 14.6 Å². The van der Waals surface area contributed by atoms with Crippen molar-refractivity contribution in [2.45, 2.75) is 18.7 Å². The number of H-pyrrole nitrogens is 1. The first-order valence-electron chi connectivity index (χ1n) is 8.62. The molecule has 2 heterocycles. The van der Waals surface area contributed by atoms with Crippen LogP contribution in [0.3, 0.4) is 0 Å². The number of rotatable bonds is 4. The first-order valence-corrected chi connectivity index (χ1v) is 10.1. The van der Waals surface area contributed by atoms with Crippen molar-refractivity contribution in [1.29, 1.82) is 0 Å². The van der Waals surface area contributed by atoms with Crippen LogP contribution >= 0.6 is 0 Å². The zero-order valence-corrected chi connectivity index (χ0v) is 16.1. The Hall–Kier alpha value is -3.39. The van der Waals surface area contributed by atoms with Crippen LogP contribution in [0, 0.1) is 0 Å². The summed E-state index contributed by atoms with van der Waals surface area (Å²) in [5.41, 5.74) is 4.10. The molecule has 8 heteroatoms. The zero-order chi connectivity index (χ0) is 19.9. The van der Waals surface area contributed by atoms with Gasteiger partial charge in [-0.05, 0) is 37.6 Å². The van der Waals surface area contributed by atoms with Crippen molar-refractivity contribution >= 4 is 33.0 Å². The Labute approximate surface area is 162 Å². The Balaban J connectivity index is 1.65. The predicted molar refractivity (Wildman–Crippen MR) is 108 cm³/mol. The lowest BCUT2D eigenvalue weighted by atomic mass is 10.0. The second-order valence-corrected chi connectivity index (χ2v) is 8.36. The van der Waals surface area contributed by atoms with Gasteiger partial charge in [0, 0.05) is 22.9 Å². The summed E-state index contributed by atoms with van der Waals surface area (Å²) in [6.45, 7) is 3.64. The number of nitrogens with zero attached hydrogens (tertiary/aromatic N) is 1. The van der Waals surface area contributed by atoms with Gasteiger partial charge in [-0.25, -0.2) is 8.42 Å². The van der Waals surface area contributed by atoms with Gasteiger partial charge in [0.05, 0.1) is 10.6 Å². The lowest BCUT2D eigenvalue weighted by molar-refractivity contribution is -0.110. The Bertz CT molecular complexity index is 1210. The van der Waals surface area contributed by atoms with Gasteiger partial charge in [0.25, 0.3) is 15.9 Å². The largest absolute Gasteiger partial charge is 0.321 e. The maximum Gasteiger partial charge on any atom is 0.263 e. The molecule has 1 aliphatic heterocycles. The Morgan fingerprint density at radius 3 is 2.50 bits per heavy atom. The van der Waals surface area contributed by atoms with E-state index in [4.69, 9.17) is 0 Å². The number of hydrogen-bond donors (Lipinski definition) is 3. The molecule has 4 rings (SSSR count). The highest BCUT2D eigenvalue weighted by Crippen LogP contribution is 2.35. The smallest absolute Gasteiger partial charge is 0.263 e. The summed E-state index contributed by atoms with van der Waals surface area (Å²) in [6.07, 6.45) is 0. The molecule has 142 valence electrons. The topological polar surface area (TPSA) is 104 Å². The molecule has 0 unspecified atom stereocenters. The number of fused-ring (bicyclic) bond motifs is 1. The van der Waals surface area contributed by atoms with Crippen LogP contribution in [-0.2, 0) is 14.8 Å². The first-order chi connectivity index (χ1) is 13.3. The standard InChI is InChI=1S/C20H18N4O3S/c1-12(2)19-15-10-14(8-9-16(15)21-20(19)25)28(26,27)24-18-11-17(22-23-18)13-6-4-3-5-7-13/h3-11H,1-2H3,(H,21,25)(H2,22,23,24). The SMILES string of the molecule is CC(C)=C1C(=O)Nc2ccc(S(=O)(=O)Nc3cc(-c4ccccc4)[nH]n3)cc21. The molecular formula is C20H18N4O3S. The van der Waals surface area contributed by atoms with Gasteiger partial charge in [-0.2, -0.15) is 5.10 Å². The molecule has 2 aromatic carbocycles. The lowest BCUT2D eigenvalue weighted by Gasteiger charge is -2.07. The van der Waals surface area contributed by atoms with Gasteiger partial charge in [0.2, 0.25) is 0 Å². The molecule has 0 saturated carbocycles. The number of anilines is 2. The molecule has 0 atom stereocenters. The van der Waals surface area contributed by atoms with E-state index in [1.54, 1.807) is 12.1 Å². The maximum atomic E-state index is 12.8. The van der Waals surface area contributed by atoms with E-state index in [-0.39, 0.29) is 16.6 Å². The van der Waals surface area contributed by atoms with Crippen molar-refractivity contribution in [1.82, 2.24) is 10.2 Å². The summed E-state index contributed by atoms with van der Waals surface area (Å²) in [7, 11) is -3.86. The van der Waals surface area contributed by atoms with E-state index in [0.717, 1.165) is 11.1 Å². The Kier molecular flexibility index (Phi) is 4.27. The molecule has 0 spiro atoms. The monoisotopic (exact) mass is 394 g/mol. The molecule has 1 aliphatic rings. The first kappa shape index (κ1) is 18.0. The van der Waals surface area contributed by atoms with E-state index in [1.807, 2.05) is 44.2 Å². The molecule has 3 N–H and O–H groups in total. The van der Waals surface area contributed by atoms with E-state index in [1.165, 1.54) is 12.1 Å². The van der Waals surface area contributed by atoms with E-state index in [9.17, 15) is 13.2 Å². The Morgan fingerprint density at radius 2 is 1.79 bits per heavy atom. The minimum atomic E-state index is -3.86. The third-order valence-corrected chi connectivity index (χ3v) is 5.80. The number of sulfonamides is 1. The minimum absolute atomic E-state index is 0.0609. The summed E-state index contributed by atoms with van der Waals surface area (Å²) in [4.78, 5) is 12.2. The summed E-state index contributed by atoms with van der Waals surface area (Å²) < 4.78 is 28.1. The number of carbonyl (C=O) groups excluding carboxylic acids is 1. The highest BCUT2D eigenvalue weighted by molar-refractivity contribution is 7.92. The molecule has 0 saturated heterocycles. The predicted octanol–water partition coefficient (Wildman–Crippen LogP) is 3.62. The molecule has 7 nitrogen and oxygen atoms in total. The quantitative estimate of drug-likeness (QED) is 0.588. The van der Waals surface area contributed by atoms with E-state index in [0.29, 0.717) is 22.5 Å². The Morgan fingerprint density at radius 1 is 1.04 bits per heavy atom. The van der Waals surface area contributed by atoms with Crippen molar-refractivity contribution < 1.29 is 13.2 Å². The van der Waals surface area contributed by atoms with E-state index >= 15 is 0 Å². The van der Waals surface area contributed by atoms with Crippen LogP contribution in [0.1, 0.15) is 19.4 Å². The van der Waals surface area contributed by atoms with Gasteiger partial charge in [-0.15, -0.1) is 0 Å². The summed E-state index contributed by atoms with van der Waals surface area (Å²) in [6, 6.07) is 15.7. The molecular weight excluding hydrogens is 376 g/mol. The lowest BCUT2D eigenvalue weighted by Crippen LogP contribution is -2.13. The number of carbonyl (C=O) groups is 1. The van der Waals surface area contributed by atoms with Crippen molar-refractivity contribution in [3.8, 4) is 11.3 Å². The highest BCUT2D eigenvalue weighted by atomic mass is 32.2. The van der Waals surface area contributed by atoms with E-state index < -0.39 is 10.0 Å². The van der Waals surface area contributed by atoms with E-state index in [2.05, 4.69) is 20.2 Å². The molecule has 3 aromatic rings. The van der Waals surface area contributed by atoms with Crippen LogP contribution in [0.2, 0.25) is 0 Å². The van der Waals surface area contributed by atoms with Crippen molar-refractivity contribution in [2.24, 2.45) is 0 Å². The summed E-state index contributed by atoms with van der Waals surface area (Å²) >= 11 is 0. The zero-order valence-electron chi connectivity index (χ0n) is 15.3. The second-order valence-electron chi connectivity index (χ2n) is 6.67. The summed E-state index contributed by atoms with van der Waals surface area (Å²) in [5.74, 6) is -0.0340. The van der Waals surface area contributed by atoms with Crippen LogP contribution in [0.25, 0.3) is 16.8 Å². The summed E-state index contributed by atoms with van der Waals surface area (Å²) in [5, 5.41) is 9.62. The fourth-order valence-electron chi connectivity index (χ4n) is 3.15. The maximum absolute atomic E-state index is 12.8. The van der Waals surface area contributed by atoms with Gasteiger partial charge < -0.3 is 5.32 Å². The van der Waals surface area contributed by atoms with Gasteiger partial charge in [0.1, 0.15) is 0 Å². The minimum Gasteiger partial charge on any atom is -0.321 e. The average Bonchev–Trinajstić information content (AvgIpc) is 3.24.